The quantitative estimate of drug-likeness (QED) is 0.579. The lowest BCUT2D eigenvalue weighted by Crippen LogP contribution is -2.46. The highest BCUT2D eigenvalue weighted by molar-refractivity contribution is 7.89. The Labute approximate surface area is 196 Å². The van der Waals surface area contributed by atoms with E-state index in [2.05, 4.69) is 10.6 Å². The summed E-state index contributed by atoms with van der Waals surface area (Å²) in [6, 6.07) is 7.10. The minimum absolute atomic E-state index is 0.129. The molecule has 2 N–H and O–H groups in total. The van der Waals surface area contributed by atoms with Crippen molar-refractivity contribution >= 4 is 44.9 Å². The van der Waals surface area contributed by atoms with Gasteiger partial charge in [-0.25, -0.2) is 13.2 Å². The summed E-state index contributed by atoms with van der Waals surface area (Å²) in [7, 11) is -3.60. The third-order valence-corrected chi connectivity index (χ3v) is 9.16. The Kier molecular flexibility index (Phi) is 6.30. The van der Waals surface area contributed by atoms with E-state index in [9.17, 15) is 22.8 Å². The van der Waals surface area contributed by atoms with E-state index >= 15 is 0 Å². The Morgan fingerprint density at radius 3 is 2.55 bits per heavy atom. The maximum absolute atomic E-state index is 13.2. The van der Waals surface area contributed by atoms with Gasteiger partial charge in [0.05, 0.1) is 4.90 Å². The average molecular weight is 491 g/mol. The van der Waals surface area contributed by atoms with Gasteiger partial charge in [0.15, 0.2) is 0 Å². The highest BCUT2D eigenvalue weighted by Crippen LogP contribution is 2.42. The molecule has 9 nitrogen and oxygen atoms in total. The second-order valence-electron chi connectivity index (χ2n) is 8.00. The summed E-state index contributed by atoms with van der Waals surface area (Å²) in [5.41, 5.74) is 0.105. The van der Waals surface area contributed by atoms with Crippen molar-refractivity contribution in [3.8, 4) is 0 Å². The third-order valence-electron chi connectivity index (χ3n) is 6.12. The van der Waals surface area contributed by atoms with Crippen molar-refractivity contribution in [2.24, 2.45) is 0 Å². The topological polar surface area (TPSA) is 116 Å². The number of nitrogens with zero attached hydrogens (tertiary/aromatic N) is 2. The van der Waals surface area contributed by atoms with E-state index in [0.717, 1.165) is 28.2 Å². The molecule has 0 radical (unpaired) electrons. The largest absolute Gasteiger partial charge is 0.325 e. The Balaban J connectivity index is 1.45. The number of sulfonamides is 1. The molecule has 4 amide bonds. The molecule has 2 aromatic rings. The monoisotopic (exact) mass is 490 g/mol. The fraction of sp³-hybridized carbons (Fsp3) is 0.409. The number of thiophene rings is 1. The third kappa shape index (κ3) is 4.04. The van der Waals surface area contributed by atoms with E-state index in [1.54, 1.807) is 25.2 Å². The zero-order valence-electron chi connectivity index (χ0n) is 18.5. The van der Waals surface area contributed by atoms with Crippen molar-refractivity contribution in [2.45, 2.75) is 43.5 Å². The number of rotatable bonds is 7. The fourth-order valence-electron chi connectivity index (χ4n) is 4.45. The van der Waals surface area contributed by atoms with Gasteiger partial charge in [-0.2, -0.15) is 4.31 Å². The van der Waals surface area contributed by atoms with Gasteiger partial charge in [-0.15, -0.1) is 11.3 Å². The summed E-state index contributed by atoms with van der Waals surface area (Å²) in [4.78, 5) is 40.6. The maximum atomic E-state index is 13.2. The Bertz CT molecular complexity index is 1190. The molecule has 1 fully saturated rings. The van der Waals surface area contributed by atoms with Gasteiger partial charge in [-0.1, -0.05) is 13.8 Å². The summed E-state index contributed by atoms with van der Waals surface area (Å²) in [5.74, 6) is -0.959. The number of urea groups is 1. The van der Waals surface area contributed by atoms with Crippen molar-refractivity contribution in [1.29, 1.82) is 0 Å². The van der Waals surface area contributed by atoms with Crippen LogP contribution in [0.5, 0.6) is 0 Å². The number of aryl methyl sites for hydroxylation is 1. The SMILES string of the molecule is CCN(CC)S(=O)(=O)c1ccc(NC(=O)CN2C(=O)NC3(CCCc4sccc43)C2=O)cc1. The number of carbonyl (C=O) groups is 3. The molecule has 1 aromatic carbocycles. The summed E-state index contributed by atoms with van der Waals surface area (Å²) < 4.78 is 26.5. The second kappa shape index (κ2) is 8.88. The standard InChI is InChI=1S/C22H26N4O5S2/c1-3-25(4-2)33(30,31)16-9-7-15(8-10-16)23-19(27)14-26-20(28)22(24-21(26)29)12-5-6-18-17(22)11-13-32-18/h7-11,13H,3-6,12,14H2,1-2H3,(H,23,27)(H,24,29). The van der Waals surface area contributed by atoms with Crippen molar-refractivity contribution in [2.75, 3.05) is 25.0 Å². The molecule has 1 atom stereocenters. The van der Waals surface area contributed by atoms with Crippen LogP contribution in [0.1, 0.15) is 37.1 Å². The predicted octanol–water partition coefficient (Wildman–Crippen LogP) is 2.50. The zero-order chi connectivity index (χ0) is 23.8. The number of carbonyl (C=O) groups excluding carboxylic acids is 3. The molecule has 2 heterocycles. The molecule has 1 aliphatic carbocycles. The zero-order valence-corrected chi connectivity index (χ0v) is 20.1. The summed E-state index contributed by atoms with van der Waals surface area (Å²) in [6.45, 7) is 3.82. The molecule has 33 heavy (non-hydrogen) atoms. The Morgan fingerprint density at radius 1 is 1.18 bits per heavy atom. The van der Waals surface area contributed by atoms with Crippen LogP contribution in [0, 0.1) is 0 Å². The van der Waals surface area contributed by atoms with Crippen molar-refractivity contribution in [3.05, 3.63) is 46.2 Å². The molecule has 11 heteroatoms. The van der Waals surface area contributed by atoms with Crippen molar-refractivity contribution in [3.63, 3.8) is 0 Å². The predicted molar refractivity (Wildman–Crippen MR) is 124 cm³/mol. The minimum Gasteiger partial charge on any atom is -0.325 e. The first kappa shape index (κ1) is 23.4. The van der Waals surface area contributed by atoms with Crippen LogP contribution >= 0.6 is 11.3 Å². The molecule has 1 saturated heterocycles. The average Bonchev–Trinajstić information content (AvgIpc) is 3.35. The number of fused-ring (bicyclic) bond motifs is 2. The normalized spacial score (nSPS) is 20.3. The summed E-state index contributed by atoms with van der Waals surface area (Å²) >= 11 is 1.57. The van der Waals surface area contributed by atoms with E-state index in [1.165, 1.54) is 28.6 Å². The molecule has 2 aliphatic rings. The van der Waals surface area contributed by atoms with Gasteiger partial charge < -0.3 is 10.6 Å². The molecule has 0 saturated carbocycles. The van der Waals surface area contributed by atoms with E-state index in [-0.39, 0.29) is 4.90 Å². The molecule has 1 aliphatic heterocycles. The molecular formula is C22H26N4O5S2. The van der Waals surface area contributed by atoms with Crippen LogP contribution in [0.4, 0.5) is 10.5 Å². The van der Waals surface area contributed by atoms with Crippen LogP contribution in [-0.2, 0) is 31.6 Å². The van der Waals surface area contributed by atoms with E-state index in [4.69, 9.17) is 0 Å². The smallest absolute Gasteiger partial charge is 0.325 e. The van der Waals surface area contributed by atoms with Crippen LogP contribution < -0.4 is 10.6 Å². The van der Waals surface area contributed by atoms with E-state index in [0.29, 0.717) is 25.2 Å². The first-order valence-electron chi connectivity index (χ1n) is 10.8. The first-order valence-corrected chi connectivity index (χ1v) is 13.2. The Hall–Kier alpha value is -2.76. The minimum atomic E-state index is -3.60. The van der Waals surface area contributed by atoms with Crippen LogP contribution in [0.15, 0.2) is 40.6 Å². The highest BCUT2D eigenvalue weighted by Gasteiger charge is 2.54. The van der Waals surface area contributed by atoms with E-state index in [1.807, 2.05) is 11.4 Å². The molecular weight excluding hydrogens is 464 g/mol. The van der Waals surface area contributed by atoms with Gasteiger partial charge in [0.1, 0.15) is 12.1 Å². The maximum Gasteiger partial charge on any atom is 0.325 e. The molecule has 4 rings (SSSR count). The van der Waals surface area contributed by atoms with Gasteiger partial charge in [-0.3, -0.25) is 14.5 Å². The molecule has 176 valence electrons. The first-order chi connectivity index (χ1) is 15.7. The highest BCUT2D eigenvalue weighted by atomic mass is 32.2. The summed E-state index contributed by atoms with van der Waals surface area (Å²) in [5, 5.41) is 7.36. The van der Waals surface area contributed by atoms with Gasteiger partial charge in [0.2, 0.25) is 15.9 Å². The van der Waals surface area contributed by atoms with Gasteiger partial charge in [-0.05, 0) is 55.0 Å². The molecule has 1 aromatic heterocycles. The lowest BCUT2D eigenvalue weighted by atomic mass is 9.80. The van der Waals surface area contributed by atoms with Crippen LogP contribution in [-0.4, -0.2) is 55.1 Å². The van der Waals surface area contributed by atoms with Crippen molar-refractivity contribution in [1.82, 2.24) is 14.5 Å². The van der Waals surface area contributed by atoms with Gasteiger partial charge in [0.25, 0.3) is 5.91 Å². The number of imide groups is 1. The van der Waals surface area contributed by atoms with Crippen LogP contribution in [0.2, 0.25) is 0 Å². The number of amides is 4. The molecule has 1 spiro atoms. The number of benzene rings is 1. The number of anilines is 1. The molecule has 1 unspecified atom stereocenters. The number of nitrogens with one attached hydrogen (secondary N) is 2. The fourth-order valence-corrected chi connectivity index (χ4v) is 6.91. The van der Waals surface area contributed by atoms with Crippen LogP contribution in [0.25, 0.3) is 0 Å². The lowest BCUT2D eigenvalue weighted by molar-refractivity contribution is -0.134. The second-order valence-corrected chi connectivity index (χ2v) is 10.9. The number of hydrogen-bond donors (Lipinski definition) is 2. The summed E-state index contributed by atoms with van der Waals surface area (Å²) in [6.07, 6.45) is 2.16. The van der Waals surface area contributed by atoms with E-state index < -0.39 is 40.0 Å². The Morgan fingerprint density at radius 2 is 1.88 bits per heavy atom. The van der Waals surface area contributed by atoms with Gasteiger partial charge in [0, 0.05) is 29.2 Å². The lowest BCUT2D eigenvalue weighted by Gasteiger charge is -2.31. The number of hydrogen-bond acceptors (Lipinski definition) is 6. The van der Waals surface area contributed by atoms with Gasteiger partial charge >= 0.3 is 6.03 Å². The van der Waals surface area contributed by atoms with Crippen molar-refractivity contribution < 1.29 is 22.8 Å². The van der Waals surface area contributed by atoms with Crippen LogP contribution in [0.3, 0.4) is 0 Å². The molecule has 0 bridgehead atoms.